The van der Waals surface area contributed by atoms with Crippen LogP contribution in [0.2, 0.25) is 0 Å². The van der Waals surface area contributed by atoms with Gasteiger partial charge in [0.25, 0.3) is 0 Å². The van der Waals surface area contributed by atoms with E-state index in [1.807, 2.05) is 18.2 Å². The van der Waals surface area contributed by atoms with Gasteiger partial charge in [-0.15, -0.1) is 0 Å². The van der Waals surface area contributed by atoms with Crippen molar-refractivity contribution in [3.8, 4) is 0 Å². The van der Waals surface area contributed by atoms with Crippen molar-refractivity contribution in [1.29, 1.82) is 0 Å². The minimum atomic E-state index is -3.38. The second-order valence-corrected chi connectivity index (χ2v) is 6.65. The Bertz CT molecular complexity index is 653. The molecular formula is C13H18N4O2S. The van der Waals surface area contributed by atoms with Gasteiger partial charge in [0.15, 0.2) is 0 Å². The molecular weight excluding hydrogens is 276 g/mol. The highest BCUT2D eigenvalue weighted by molar-refractivity contribution is 7.88. The van der Waals surface area contributed by atoms with E-state index < -0.39 is 10.0 Å². The third-order valence-corrected chi connectivity index (χ3v) is 4.76. The summed E-state index contributed by atoms with van der Waals surface area (Å²) in [6, 6.07) is 7.30. The number of nitrogens with zero attached hydrogens (tertiary/aromatic N) is 2. The van der Waals surface area contributed by atoms with E-state index >= 15 is 0 Å². The van der Waals surface area contributed by atoms with Crippen LogP contribution < -0.4 is 5.73 Å². The third-order valence-electron chi connectivity index (χ3n) is 2.98. The fraction of sp³-hybridized carbons (Fsp3) is 0.308. The Hall–Kier alpha value is -1.70. The number of rotatable bonds is 6. The fourth-order valence-electron chi connectivity index (χ4n) is 1.86. The highest BCUT2D eigenvalue weighted by Gasteiger charge is 2.19. The van der Waals surface area contributed by atoms with Crippen LogP contribution in [0.3, 0.4) is 0 Å². The SMILES string of the molecule is CN(Cc1ncc[nH]1)S(=O)(=O)Cc1cccc(CN)c1. The van der Waals surface area contributed by atoms with Gasteiger partial charge in [0.2, 0.25) is 10.0 Å². The van der Waals surface area contributed by atoms with Gasteiger partial charge >= 0.3 is 0 Å². The number of hydrogen-bond acceptors (Lipinski definition) is 4. The number of sulfonamides is 1. The Morgan fingerprint density at radius 2 is 2.10 bits per heavy atom. The molecule has 0 aliphatic carbocycles. The summed E-state index contributed by atoms with van der Waals surface area (Å²) in [6.45, 7) is 0.627. The third kappa shape index (κ3) is 3.66. The molecule has 1 heterocycles. The van der Waals surface area contributed by atoms with Crippen LogP contribution in [-0.4, -0.2) is 29.7 Å². The second kappa shape index (κ2) is 6.17. The number of aromatic nitrogens is 2. The smallest absolute Gasteiger partial charge is 0.218 e. The number of imidazole rings is 1. The van der Waals surface area contributed by atoms with Crippen LogP contribution in [0.25, 0.3) is 0 Å². The molecule has 0 atom stereocenters. The summed E-state index contributed by atoms with van der Waals surface area (Å²) in [5, 5.41) is 0. The van der Waals surface area contributed by atoms with Gasteiger partial charge in [-0.05, 0) is 11.1 Å². The first-order chi connectivity index (χ1) is 9.51. The first-order valence-corrected chi connectivity index (χ1v) is 7.82. The zero-order valence-corrected chi connectivity index (χ0v) is 12.1. The van der Waals surface area contributed by atoms with E-state index in [0.717, 1.165) is 11.1 Å². The van der Waals surface area contributed by atoms with Crippen LogP contribution in [0, 0.1) is 0 Å². The molecule has 0 aliphatic heterocycles. The summed E-state index contributed by atoms with van der Waals surface area (Å²) < 4.78 is 25.9. The van der Waals surface area contributed by atoms with Gasteiger partial charge in [-0.1, -0.05) is 24.3 Å². The predicted molar refractivity (Wildman–Crippen MR) is 77.0 cm³/mol. The highest BCUT2D eigenvalue weighted by Crippen LogP contribution is 2.13. The Balaban J connectivity index is 2.09. The molecule has 0 unspecified atom stereocenters. The summed E-state index contributed by atoms with van der Waals surface area (Å²) in [5.41, 5.74) is 7.22. The standard InChI is InChI=1S/C13H18N4O2S/c1-17(9-13-15-5-6-16-13)20(18,19)10-12-4-2-3-11(7-12)8-14/h2-7H,8-10,14H2,1H3,(H,15,16). The number of aromatic amines is 1. The van der Waals surface area contributed by atoms with Crippen LogP contribution in [0.1, 0.15) is 17.0 Å². The van der Waals surface area contributed by atoms with E-state index in [1.165, 1.54) is 4.31 Å². The van der Waals surface area contributed by atoms with Gasteiger partial charge in [0.1, 0.15) is 5.82 Å². The van der Waals surface area contributed by atoms with Crippen molar-refractivity contribution < 1.29 is 8.42 Å². The van der Waals surface area contributed by atoms with Crippen LogP contribution in [0.15, 0.2) is 36.7 Å². The minimum Gasteiger partial charge on any atom is -0.347 e. The molecule has 2 rings (SSSR count). The molecule has 7 heteroatoms. The van der Waals surface area contributed by atoms with E-state index in [9.17, 15) is 8.42 Å². The minimum absolute atomic E-state index is 0.0436. The quantitative estimate of drug-likeness (QED) is 0.825. The number of hydrogen-bond donors (Lipinski definition) is 2. The number of nitrogens with one attached hydrogen (secondary N) is 1. The zero-order valence-electron chi connectivity index (χ0n) is 11.3. The van der Waals surface area contributed by atoms with Gasteiger partial charge in [-0.25, -0.2) is 13.4 Å². The molecule has 0 saturated carbocycles. The van der Waals surface area contributed by atoms with Crippen molar-refractivity contribution in [1.82, 2.24) is 14.3 Å². The summed E-state index contributed by atoms with van der Waals surface area (Å²) in [5.74, 6) is 0.574. The maximum atomic E-state index is 12.3. The Labute approximate surface area is 118 Å². The molecule has 0 amide bonds. The number of benzene rings is 1. The first kappa shape index (κ1) is 14.7. The van der Waals surface area contributed by atoms with Gasteiger partial charge in [0.05, 0.1) is 12.3 Å². The molecule has 0 radical (unpaired) electrons. The summed E-state index contributed by atoms with van der Waals surface area (Å²) in [7, 11) is -1.84. The second-order valence-electron chi connectivity index (χ2n) is 4.57. The molecule has 2 aromatic rings. The van der Waals surface area contributed by atoms with Gasteiger partial charge in [-0.3, -0.25) is 0 Å². The Morgan fingerprint density at radius 3 is 2.75 bits per heavy atom. The monoisotopic (exact) mass is 294 g/mol. The van der Waals surface area contributed by atoms with Crippen molar-refractivity contribution in [3.05, 3.63) is 53.6 Å². The van der Waals surface area contributed by atoms with Crippen molar-refractivity contribution >= 4 is 10.0 Å². The lowest BCUT2D eigenvalue weighted by Crippen LogP contribution is -2.28. The van der Waals surface area contributed by atoms with Crippen LogP contribution in [-0.2, 0) is 28.9 Å². The van der Waals surface area contributed by atoms with E-state index in [2.05, 4.69) is 9.97 Å². The molecule has 0 spiro atoms. The summed E-state index contributed by atoms with van der Waals surface area (Å²) in [4.78, 5) is 6.91. The largest absolute Gasteiger partial charge is 0.347 e. The van der Waals surface area contributed by atoms with Crippen molar-refractivity contribution in [2.24, 2.45) is 5.73 Å². The molecule has 1 aromatic carbocycles. The van der Waals surface area contributed by atoms with E-state index in [4.69, 9.17) is 5.73 Å². The van der Waals surface area contributed by atoms with Crippen LogP contribution >= 0.6 is 0 Å². The average molecular weight is 294 g/mol. The van der Waals surface area contributed by atoms with Crippen molar-refractivity contribution in [2.45, 2.75) is 18.8 Å². The van der Waals surface area contributed by atoms with Crippen molar-refractivity contribution in [2.75, 3.05) is 7.05 Å². The predicted octanol–water partition coefficient (Wildman–Crippen LogP) is 0.830. The molecule has 20 heavy (non-hydrogen) atoms. The molecule has 6 nitrogen and oxygen atoms in total. The molecule has 0 saturated heterocycles. The lowest BCUT2D eigenvalue weighted by molar-refractivity contribution is 0.457. The molecule has 0 bridgehead atoms. The zero-order chi connectivity index (χ0) is 14.6. The van der Waals surface area contributed by atoms with Gasteiger partial charge in [0, 0.05) is 26.0 Å². The fourth-order valence-corrected chi connectivity index (χ4v) is 3.00. The first-order valence-electron chi connectivity index (χ1n) is 6.21. The summed E-state index contributed by atoms with van der Waals surface area (Å²) in [6.07, 6.45) is 3.26. The maximum absolute atomic E-state index is 12.3. The topological polar surface area (TPSA) is 92.1 Å². The van der Waals surface area contributed by atoms with Crippen LogP contribution in [0.5, 0.6) is 0 Å². The van der Waals surface area contributed by atoms with E-state index in [0.29, 0.717) is 12.4 Å². The lowest BCUT2D eigenvalue weighted by atomic mass is 10.1. The average Bonchev–Trinajstić information content (AvgIpc) is 2.91. The van der Waals surface area contributed by atoms with E-state index in [1.54, 1.807) is 25.5 Å². The lowest BCUT2D eigenvalue weighted by Gasteiger charge is -2.16. The van der Waals surface area contributed by atoms with Crippen molar-refractivity contribution in [3.63, 3.8) is 0 Å². The summed E-state index contributed by atoms with van der Waals surface area (Å²) >= 11 is 0. The number of nitrogens with two attached hydrogens (primary N) is 1. The number of H-pyrrole nitrogens is 1. The van der Waals surface area contributed by atoms with E-state index in [-0.39, 0.29) is 12.3 Å². The van der Waals surface area contributed by atoms with Crippen LogP contribution in [0.4, 0.5) is 0 Å². The highest BCUT2D eigenvalue weighted by atomic mass is 32.2. The molecule has 1 aromatic heterocycles. The Kier molecular flexibility index (Phi) is 4.53. The molecule has 0 fully saturated rings. The molecule has 3 N–H and O–H groups in total. The molecule has 108 valence electrons. The van der Waals surface area contributed by atoms with Gasteiger partial charge in [-0.2, -0.15) is 4.31 Å². The Morgan fingerprint density at radius 1 is 1.35 bits per heavy atom. The molecule has 0 aliphatic rings. The normalized spacial score (nSPS) is 11.9. The maximum Gasteiger partial charge on any atom is 0.218 e. The van der Waals surface area contributed by atoms with Gasteiger partial charge < -0.3 is 10.7 Å².